The van der Waals surface area contributed by atoms with Crippen LogP contribution in [0.15, 0.2) is 60.7 Å². The molecule has 0 bridgehead atoms. The van der Waals surface area contributed by atoms with E-state index in [1.807, 2.05) is 60.7 Å². The average Bonchev–Trinajstić information content (AvgIpc) is 2.31. The summed E-state index contributed by atoms with van der Waals surface area (Å²) in [5.74, 6) is 0. The zero-order valence-electron chi connectivity index (χ0n) is 11.4. The van der Waals surface area contributed by atoms with Gasteiger partial charge in [-0.05, 0) is 24.3 Å². The minimum absolute atomic E-state index is 0. The van der Waals surface area contributed by atoms with Crippen molar-refractivity contribution in [3.05, 3.63) is 60.7 Å². The number of hydrogen-bond donors (Lipinski definition) is 1. The van der Waals surface area contributed by atoms with Crippen LogP contribution in [-0.2, 0) is 0 Å². The molecule has 0 aliphatic carbocycles. The maximum atomic E-state index is 11.4. The number of carbonyl (C=O) groups excluding carboxylic acids is 1. The van der Waals surface area contributed by atoms with Crippen LogP contribution in [-0.4, -0.2) is 43.8 Å². The quantitative estimate of drug-likeness (QED) is 0.823. The van der Waals surface area contributed by atoms with E-state index in [2.05, 4.69) is 0 Å². The molecule has 0 heterocycles. The van der Waals surface area contributed by atoms with E-state index in [0.29, 0.717) is 0 Å². The Morgan fingerprint density at radius 2 is 1.24 bits per heavy atom. The topological polar surface area (TPSA) is 46.3 Å². The van der Waals surface area contributed by atoms with E-state index in [0.717, 1.165) is 11.4 Å². The molecule has 4 heteroatoms. The second kappa shape index (κ2) is 6.64. The van der Waals surface area contributed by atoms with Crippen LogP contribution in [0.2, 0.25) is 0 Å². The number of nitrogens with two attached hydrogens (primary N) is 1. The molecule has 2 aromatic carbocycles. The Balaban J connectivity index is 0. The summed E-state index contributed by atoms with van der Waals surface area (Å²) in [5, 5.41) is 0. The van der Waals surface area contributed by atoms with Crippen molar-refractivity contribution in [3.8, 4) is 0 Å². The number of amides is 2. The van der Waals surface area contributed by atoms with Gasteiger partial charge in [0.05, 0.1) is 11.4 Å². The Morgan fingerprint density at radius 1 is 0.882 bits per heavy atom. The van der Waals surface area contributed by atoms with Crippen LogP contribution in [0.3, 0.4) is 0 Å². The molecule has 0 unspecified atom stereocenters. The molecule has 0 aromatic heterocycles. The van der Waals surface area contributed by atoms with Gasteiger partial charge in [0.15, 0.2) is 0 Å². The summed E-state index contributed by atoms with van der Waals surface area (Å²) in [6, 6.07) is 18.2. The van der Waals surface area contributed by atoms with Crippen LogP contribution in [0.5, 0.6) is 0 Å². The number of anilines is 2. The third-order valence-electron chi connectivity index (χ3n) is 2.25. The van der Waals surface area contributed by atoms with Crippen molar-refractivity contribution < 1.29 is 7.65 Å². The fraction of sp³-hybridized carbons (Fsp3) is 0. The molecule has 0 radical (unpaired) electrons. The van der Waals surface area contributed by atoms with Gasteiger partial charge in [0.25, 0.3) is 0 Å². The van der Waals surface area contributed by atoms with E-state index >= 15 is 0 Å². The summed E-state index contributed by atoms with van der Waals surface area (Å²) in [6.07, 6.45) is 0. The smallest absolute Gasteiger partial charge is 1.00 e. The van der Waals surface area contributed by atoms with E-state index in [-0.39, 0.29) is 40.6 Å². The monoisotopic (exact) mass is 254 g/mol. The van der Waals surface area contributed by atoms with Crippen molar-refractivity contribution in [2.75, 3.05) is 4.90 Å². The number of nitrogens with zero attached hydrogens (tertiary/aromatic N) is 1. The molecule has 0 spiro atoms. The van der Waals surface area contributed by atoms with E-state index in [4.69, 9.17) is 5.73 Å². The van der Waals surface area contributed by atoms with Gasteiger partial charge in [-0.1, -0.05) is 36.4 Å². The van der Waals surface area contributed by atoms with E-state index in [1.165, 1.54) is 4.90 Å². The van der Waals surface area contributed by atoms with Crippen LogP contribution < -0.4 is 10.6 Å². The van der Waals surface area contributed by atoms with E-state index in [9.17, 15) is 4.79 Å². The van der Waals surface area contributed by atoms with Crippen molar-refractivity contribution in [1.29, 1.82) is 0 Å². The van der Waals surface area contributed by atoms with Gasteiger partial charge < -0.3 is 8.59 Å². The molecular weight excluding hydrogens is 240 g/mol. The molecule has 2 aromatic rings. The average molecular weight is 254 g/mol. The second-order valence-corrected chi connectivity index (χ2v) is 3.34. The molecule has 2 amide bonds. The number of carbonyl (C=O) groups is 1. The molecule has 0 atom stereocenters. The zero-order chi connectivity index (χ0) is 11.4. The van der Waals surface area contributed by atoms with Gasteiger partial charge in [-0.2, -0.15) is 0 Å². The van der Waals surface area contributed by atoms with Crippen LogP contribution >= 0.6 is 0 Å². The van der Waals surface area contributed by atoms with Gasteiger partial charge in [-0.15, -0.1) is 0 Å². The minimum atomic E-state index is -0.489. The van der Waals surface area contributed by atoms with Crippen LogP contribution in [0.1, 0.15) is 2.85 Å². The fourth-order valence-corrected chi connectivity index (χ4v) is 1.56. The third kappa shape index (κ3) is 3.46. The Kier molecular flexibility index (Phi) is 5.48. The van der Waals surface area contributed by atoms with Crippen molar-refractivity contribution in [1.82, 2.24) is 0 Å². The number of hydrogen-bond acceptors (Lipinski definition) is 1. The van der Waals surface area contributed by atoms with Gasteiger partial charge in [-0.25, -0.2) is 4.79 Å². The molecule has 0 aliphatic rings. The van der Waals surface area contributed by atoms with Gasteiger partial charge in [-0.3, -0.25) is 4.90 Å². The third-order valence-corrected chi connectivity index (χ3v) is 2.25. The summed E-state index contributed by atoms with van der Waals surface area (Å²) in [5.41, 5.74) is 6.92. The number of rotatable bonds is 2. The molecule has 0 fully saturated rings. The molecule has 84 valence electrons. The van der Waals surface area contributed by atoms with Crippen molar-refractivity contribution in [2.45, 2.75) is 0 Å². The maximum Gasteiger partial charge on any atom is 2.00 e. The van der Waals surface area contributed by atoms with E-state index < -0.39 is 6.03 Å². The van der Waals surface area contributed by atoms with Crippen LogP contribution in [0.4, 0.5) is 16.2 Å². The predicted octanol–water partition coefficient (Wildman–Crippen LogP) is 2.75. The summed E-state index contributed by atoms with van der Waals surface area (Å²) in [4.78, 5) is 12.9. The normalized spacial score (nSPS) is 9.18. The number of para-hydroxylation sites is 2. The maximum absolute atomic E-state index is 11.4. The summed E-state index contributed by atoms with van der Waals surface area (Å²) in [6.45, 7) is 0. The first-order valence-corrected chi connectivity index (χ1v) is 4.98. The minimum Gasteiger partial charge on any atom is -1.00 e. The first kappa shape index (κ1) is 14.0. The number of primary amides is 1. The fourth-order valence-electron chi connectivity index (χ4n) is 1.56. The van der Waals surface area contributed by atoms with Crippen molar-refractivity contribution in [3.63, 3.8) is 0 Å². The largest absolute Gasteiger partial charge is 2.00 e. The molecule has 17 heavy (non-hydrogen) atoms. The predicted molar refractivity (Wildman–Crippen MR) is 72.6 cm³/mol. The van der Waals surface area contributed by atoms with E-state index in [1.54, 1.807) is 0 Å². The van der Waals surface area contributed by atoms with Gasteiger partial charge in [0.1, 0.15) is 0 Å². The molecule has 2 rings (SSSR count). The molecule has 3 nitrogen and oxygen atoms in total. The number of urea groups is 1. The Bertz CT molecular complexity index is 443. The van der Waals surface area contributed by atoms with Gasteiger partial charge >= 0.3 is 43.8 Å². The van der Waals surface area contributed by atoms with Crippen molar-refractivity contribution >= 4 is 55.1 Å². The SMILES string of the molecule is NC(=O)N(c1ccccc1)c1ccccc1.[Ca+2].[H-].[H-]. The number of benzene rings is 2. The van der Waals surface area contributed by atoms with Crippen molar-refractivity contribution in [2.24, 2.45) is 5.73 Å². The Labute approximate surface area is 133 Å². The van der Waals surface area contributed by atoms with Gasteiger partial charge in [0, 0.05) is 0 Å². The molecular formula is C13H14CaN2O. The first-order valence-electron chi connectivity index (χ1n) is 4.98. The Morgan fingerprint density at radius 3 is 1.53 bits per heavy atom. The first-order chi connectivity index (χ1) is 7.79. The van der Waals surface area contributed by atoms with Gasteiger partial charge in [0.2, 0.25) is 0 Å². The zero-order valence-corrected chi connectivity index (χ0v) is 11.6. The molecule has 2 N–H and O–H groups in total. The standard InChI is InChI=1S/C13H12N2O.Ca.2H/c14-13(16)15(11-7-3-1-4-8-11)12-9-5-2-6-10-12;;;/h1-10H,(H2,14,16);;;/q;+2;2*-1. The Hall–Kier alpha value is -1.03. The second-order valence-electron chi connectivity index (χ2n) is 3.34. The molecule has 0 saturated heterocycles. The van der Waals surface area contributed by atoms with Crippen LogP contribution in [0, 0.1) is 0 Å². The summed E-state index contributed by atoms with van der Waals surface area (Å²) >= 11 is 0. The molecule has 0 aliphatic heterocycles. The summed E-state index contributed by atoms with van der Waals surface area (Å²) < 4.78 is 0. The van der Waals surface area contributed by atoms with Crippen LogP contribution in [0.25, 0.3) is 0 Å². The summed E-state index contributed by atoms with van der Waals surface area (Å²) in [7, 11) is 0. The molecule has 0 saturated carbocycles.